The molecule has 0 fully saturated rings. The summed E-state index contributed by atoms with van der Waals surface area (Å²) in [6.45, 7) is 0. The zero-order valence-corrected chi connectivity index (χ0v) is 13.3. The molecule has 4 nitrogen and oxygen atoms in total. The standard InChI is InChI=1S/C8H2F16O3S.H3N/c9-1(28(25,26)27)2(10,11)3(12,13)4(14,15)5(16,17)6(18,19)7(20,21)8(22,23)24;/h1H,(H,25,26,27);1H3. The van der Waals surface area contributed by atoms with Gasteiger partial charge in [-0.05, 0) is 0 Å². The van der Waals surface area contributed by atoms with Crippen LogP contribution in [0.4, 0.5) is 70.2 Å². The number of halogens is 16. The van der Waals surface area contributed by atoms with Crippen molar-refractivity contribution in [2.75, 3.05) is 0 Å². The molecule has 0 rings (SSSR count). The first kappa shape index (κ1) is 29.9. The molecule has 1 atom stereocenters. The first-order valence-corrected chi connectivity index (χ1v) is 7.10. The number of hydrogen-bond acceptors (Lipinski definition) is 3. The third-order valence-electron chi connectivity index (χ3n) is 2.90. The zero-order valence-electron chi connectivity index (χ0n) is 12.5. The van der Waals surface area contributed by atoms with Crippen molar-refractivity contribution in [3.8, 4) is 0 Å². The van der Waals surface area contributed by atoms with Gasteiger partial charge in [0.25, 0.3) is 5.50 Å². The lowest BCUT2D eigenvalue weighted by Crippen LogP contribution is -2.73. The molecule has 0 heterocycles. The van der Waals surface area contributed by atoms with E-state index in [2.05, 4.69) is 0 Å². The highest BCUT2D eigenvalue weighted by Gasteiger charge is 2.94. The van der Waals surface area contributed by atoms with Gasteiger partial charge >= 0.3 is 51.8 Å². The van der Waals surface area contributed by atoms with Crippen molar-refractivity contribution in [2.45, 2.75) is 47.2 Å². The summed E-state index contributed by atoms with van der Waals surface area (Å²) in [4.78, 5) is 0. The van der Waals surface area contributed by atoms with E-state index < -0.39 is 57.3 Å². The molecule has 0 saturated heterocycles. The van der Waals surface area contributed by atoms with Crippen LogP contribution in [0.1, 0.15) is 0 Å². The maximum atomic E-state index is 13.0. The molecule has 4 N–H and O–H groups in total. The minimum Gasteiger partial charge on any atom is -0.344 e. The van der Waals surface area contributed by atoms with Crippen LogP contribution in [0.3, 0.4) is 0 Å². The second kappa shape index (κ2) is 7.17. The maximum absolute atomic E-state index is 13.0. The summed E-state index contributed by atoms with van der Waals surface area (Å²) in [5.74, 6) is -50.1. The van der Waals surface area contributed by atoms with Crippen LogP contribution in [0.2, 0.25) is 0 Å². The monoisotopic (exact) mass is 499 g/mol. The van der Waals surface area contributed by atoms with Crippen LogP contribution in [-0.4, -0.2) is 60.2 Å². The van der Waals surface area contributed by atoms with E-state index in [9.17, 15) is 78.7 Å². The van der Waals surface area contributed by atoms with Crippen LogP contribution in [0.25, 0.3) is 0 Å². The van der Waals surface area contributed by atoms with E-state index in [1.54, 1.807) is 0 Å². The Morgan fingerprint density at radius 2 is 0.793 bits per heavy atom. The van der Waals surface area contributed by atoms with Gasteiger partial charge in [0.1, 0.15) is 0 Å². The van der Waals surface area contributed by atoms with Crippen LogP contribution in [0, 0.1) is 0 Å². The van der Waals surface area contributed by atoms with Gasteiger partial charge in [-0.25, -0.2) is 4.39 Å². The van der Waals surface area contributed by atoms with Crippen molar-refractivity contribution in [3.63, 3.8) is 0 Å². The molecular weight excluding hydrogens is 494 g/mol. The van der Waals surface area contributed by atoms with Crippen molar-refractivity contribution >= 4 is 10.1 Å². The Morgan fingerprint density at radius 3 is 1.03 bits per heavy atom. The molecule has 0 aliphatic rings. The Kier molecular flexibility index (Phi) is 7.40. The lowest BCUT2D eigenvalue weighted by Gasteiger charge is -2.41. The maximum Gasteiger partial charge on any atom is 0.460 e. The van der Waals surface area contributed by atoms with Crippen LogP contribution in [0.15, 0.2) is 0 Å². The normalized spacial score (nSPS) is 17.0. The lowest BCUT2D eigenvalue weighted by atomic mass is 9.91. The van der Waals surface area contributed by atoms with Gasteiger partial charge in [-0.1, -0.05) is 0 Å². The molecule has 0 aliphatic heterocycles. The Bertz CT molecular complexity index is 697. The SMILES string of the molecule is N.O=S(=O)(O)C(F)C(F)(F)C(F)(F)C(F)(F)C(F)(F)C(F)(F)C(F)(F)C(F)(F)F. The van der Waals surface area contributed by atoms with E-state index in [4.69, 9.17) is 4.55 Å². The van der Waals surface area contributed by atoms with Crippen LogP contribution < -0.4 is 6.15 Å². The zero-order chi connectivity index (χ0) is 23.6. The van der Waals surface area contributed by atoms with Crippen molar-refractivity contribution in [1.82, 2.24) is 6.15 Å². The second-order valence-electron chi connectivity index (χ2n) is 4.82. The number of rotatable bonds is 7. The molecule has 0 radical (unpaired) electrons. The average Bonchev–Trinajstić information content (AvgIpc) is 2.42. The van der Waals surface area contributed by atoms with E-state index in [1.807, 2.05) is 0 Å². The Morgan fingerprint density at radius 1 is 0.552 bits per heavy atom. The first-order chi connectivity index (χ1) is 11.7. The second-order valence-corrected chi connectivity index (χ2v) is 6.27. The average molecular weight is 499 g/mol. The Balaban J connectivity index is 0. The Labute approximate surface area is 148 Å². The molecular formula is C8H5F16NO3S. The fourth-order valence-electron chi connectivity index (χ4n) is 1.31. The highest BCUT2D eigenvalue weighted by Crippen LogP contribution is 2.62. The summed E-state index contributed by atoms with van der Waals surface area (Å²) < 4.78 is 230. The molecule has 0 aromatic carbocycles. The molecule has 21 heteroatoms. The van der Waals surface area contributed by atoms with Gasteiger partial charge in [-0.3, -0.25) is 4.55 Å². The molecule has 178 valence electrons. The largest absolute Gasteiger partial charge is 0.460 e. The minimum absolute atomic E-state index is 0. The minimum atomic E-state index is -8.68. The van der Waals surface area contributed by atoms with Gasteiger partial charge in [0.2, 0.25) is 0 Å². The van der Waals surface area contributed by atoms with Crippen LogP contribution in [0.5, 0.6) is 0 Å². The van der Waals surface area contributed by atoms with Crippen molar-refractivity contribution < 1.29 is 83.2 Å². The number of hydrogen-bond donors (Lipinski definition) is 2. The summed E-state index contributed by atoms with van der Waals surface area (Å²) in [6, 6.07) is 0. The molecule has 1 unspecified atom stereocenters. The highest BCUT2D eigenvalue weighted by molar-refractivity contribution is 7.86. The third kappa shape index (κ3) is 3.91. The molecule has 0 amide bonds. The summed E-state index contributed by atoms with van der Waals surface area (Å²) in [6.07, 6.45) is -7.80. The van der Waals surface area contributed by atoms with Gasteiger partial charge in [-0.15, -0.1) is 0 Å². The molecule has 29 heavy (non-hydrogen) atoms. The molecule has 0 aliphatic carbocycles. The quantitative estimate of drug-likeness (QED) is 0.393. The lowest BCUT2D eigenvalue weighted by molar-refractivity contribution is -0.453. The van der Waals surface area contributed by atoms with E-state index in [0.717, 1.165) is 0 Å². The van der Waals surface area contributed by atoms with Crippen LogP contribution in [-0.2, 0) is 10.1 Å². The van der Waals surface area contributed by atoms with E-state index >= 15 is 0 Å². The topological polar surface area (TPSA) is 89.4 Å². The van der Waals surface area contributed by atoms with Gasteiger partial charge < -0.3 is 6.15 Å². The highest BCUT2D eigenvalue weighted by atomic mass is 32.2. The predicted molar refractivity (Wildman–Crippen MR) is 57.2 cm³/mol. The number of alkyl halides is 16. The molecule has 0 aromatic rings. The molecule has 0 saturated carbocycles. The van der Waals surface area contributed by atoms with Gasteiger partial charge in [0.05, 0.1) is 0 Å². The van der Waals surface area contributed by atoms with Gasteiger partial charge in [-0.2, -0.15) is 74.3 Å². The smallest absolute Gasteiger partial charge is 0.344 e. The predicted octanol–water partition coefficient (Wildman–Crippen LogP) is 4.71. The van der Waals surface area contributed by atoms with E-state index in [0.29, 0.717) is 0 Å². The third-order valence-corrected chi connectivity index (χ3v) is 3.72. The molecule has 0 bridgehead atoms. The van der Waals surface area contributed by atoms with E-state index in [1.165, 1.54) is 0 Å². The summed E-state index contributed by atoms with van der Waals surface area (Å²) in [5.41, 5.74) is -5.91. The van der Waals surface area contributed by atoms with Crippen molar-refractivity contribution in [1.29, 1.82) is 0 Å². The van der Waals surface area contributed by atoms with Gasteiger partial charge in [0, 0.05) is 0 Å². The fraction of sp³-hybridized carbons (Fsp3) is 1.00. The summed E-state index contributed by atoms with van der Waals surface area (Å²) >= 11 is 0. The van der Waals surface area contributed by atoms with Crippen molar-refractivity contribution in [3.05, 3.63) is 0 Å². The van der Waals surface area contributed by atoms with E-state index in [-0.39, 0.29) is 6.15 Å². The molecule has 0 spiro atoms. The molecule has 0 aromatic heterocycles. The first-order valence-electron chi connectivity index (χ1n) is 5.59. The summed E-state index contributed by atoms with van der Waals surface area (Å²) in [7, 11) is -7.13. The Hall–Kier alpha value is -1.25. The summed E-state index contributed by atoms with van der Waals surface area (Å²) in [5, 5.41) is 0. The van der Waals surface area contributed by atoms with Crippen molar-refractivity contribution in [2.24, 2.45) is 0 Å². The van der Waals surface area contributed by atoms with Crippen LogP contribution >= 0.6 is 0 Å². The van der Waals surface area contributed by atoms with Gasteiger partial charge in [0.15, 0.2) is 0 Å². The fourth-order valence-corrected chi connectivity index (χ4v) is 1.83.